The molecule has 0 radical (unpaired) electrons. The zero-order chi connectivity index (χ0) is 34.4. The molecular formula is C48H34BN3. The van der Waals surface area contributed by atoms with Crippen LogP contribution in [0.1, 0.15) is 0 Å². The van der Waals surface area contributed by atoms with Gasteiger partial charge in [-0.05, 0) is 106 Å². The number of hydrogen-bond acceptors (Lipinski definition) is 3. The molecule has 8 aromatic carbocycles. The second-order valence-corrected chi connectivity index (χ2v) is 13.4. The summed E-state index contributed by atoms with van der Waals surface area (Å²) in [6, 6.07) is 74.6. The summed E-state index contributed by atoms with van der Waals surface area (Å²) in [6.07, 6.45) is 0. The van der Waals surface area contributed by atoms with Crippen LogP contribution in [0.15, 0.2) is 206 Å². The lowest BCUT2D eigenvalue weighted by Crippen LogP contribution is -2.61. The van der Waals surface area contributed by atoms with Gasteiger partial charge in [-0.2, -0.15) is 0 Å². The quantitative estimate of drug-likeness (QED) is 0.164. The van der Waals surface area contributed by atoms with Crippen molar-refractivity contribution >= 4 is 74.3 Å². The topological polar surface area (TPSA) is 9.72 Å². The molecule has 3 nitrogen and oxygen atoms in total. The fraction of sp³-hybridized carbons (Fsp3) is 0. The van der Waals surface area contributed by atoms with Crippen LogP contribution < -0.4 is 31.1 Å². The van der Waals surface area contributed by atoms with Crippen molar-refractivity contribution in [3.05, 3.63) is 206 Å². The Morgan fingerprint density at radius 2 is 0.788 bits per heavy atom. The second kappa shape index (κ2) is 12.5. The minimum Gasteiger partial charge on any atom is -0.311 e. The first-order valence-electron chi connectivity index (χ1n) is 17.9. The Labute approximate surface area is 305 Å². The van der Waals surface area contributed by atoms with Crippen LogP contribution in [-0.4, -0.2) is 6.71 Å². The normalized spacial score (nSPS) is 12.5. The molecule has 0 amide bonds. The predicted octanol–water partition coefficient (Wildman–Crippen LogP) is 10.9. The van der Waals surface area contributed by atoms with Crippen molar-refractivity contribution < 1.29 is 0 Å². The van der Waals surface area contributed by atoms with Gasteiger partial charge in [0.15, 0.2) is 0 Å². The molecule has 0 atom stereocenters. The molecule has 4 heteroatoms. The highest BCUT2D eigenvalue weighted by atomic mass is 15.2. The van der Waals surface area contributed by atoms with Gasteiger partial charge in [0.05, 0.1) is 0 Å². The van der Waals surface area contributed by atoms with E-state index in [2.05, 4.69) is 221 Å². The Morgan fingerprint density at radius 3 is 1.33 bits per heavy atom. The third-order valence-electron chi connectivity index (χ3n) is 10.4. The predicted molar refractivity (Wildman–Crippen MR) is 221 cm³/mol. The SMILES string of the molecule is c1ccc(-c2ccc3c(c2)N(c2ccccc2)c2cccc4c2B3c2ccc(N(c3ccccc3)c3ccccc3)cc2N4c2ccccc2)cc1. The van der Waals surface area contributed by atoms with E-state index in [0.717, 1.165) is 28.4 Å². The summed E-state index contributed by atoms with van der Waals surface area (Å²) in [4.78, 5) is 7.29. The zero-order valence-electron chi connectivity index (χ0n) is 28.5. The molecule has 0 aromatic heterocycles. The molecule has 0 saturated carbocycles. The molecule has 0 fully saturated rings. The number of rotatable bonds is 6. The van der Waals surface area contributed by atoms with Crippen molar-refractivity contribution in [2.75, 3.05) is 14.7 Å². The van der Waals surface area contributed by atoms with Crippen LogP contribution in [0.4, 0.5) is 51.2 Å². The lowest BCUT2D eigenvalue weighted by molar-refractivity contribution is 1.24. The van der Waals surface area contributed by atoms with Gasteiger partial charge in [-0.1, -0.05) is 127 Å². The van der Waals surface area contributed by atoms with Gasteiger partial charge in [-0.25, -0.2) is 0 Å². The Kier molecular flexibility index (Phi) is 7.25. The summed E-state index contributed by atoms with van der Waals surface area (Å²) in [6.45, 7) is 0.0388. The van der Waals surface area contributed by atoms with E-state index < -0.39 is 0 Å². The standard InChI is InChI=1S/C48H34BN3/c1-6-17-35(18-7-1)36-29-31-42-46(33-36)51(39-23-12-4-13-24-39)44-27-16-28-45-48(44)49(42)43-32-30-41(34-47(43)52(45)40-25-14-5-15-26-40)50(37-19-8-2-9-20-37)38-21-10-3-11-22-38/h1-34H. The maximum Gasteiger partial charge on any atom is 0.252 e. The molecular weight excluding hydrogens is 629 g/mol. The van der Waals surface area contributed by atoms with Crippen molar-refractivity contribution in [1.82, 2.24) is 0 Å². The fourth-order valence-corrected chi connectivity index (χ4v) is 8.18. The molecule has 2 heterocycles. The number of anilines is 9. The largest absolute Gasteiger partial charge is 0.311 e. The van der Waals surface area contributed by atoms with Crippen molar-refractivity contribution in [2.24, 2.45) is 0 Å². The number of para-hydroxylation sites is 4. The number of nitrogens with zero attached hydrogens (tertiary/aromatic N) is 3. The Balaban J connectivity index is 1.24. The average Bonchev–Trinajstić information content (AvgIpc) is 3.22. The first-order chi connectivity index (χ1) is 25.8. The van der Waals surface area contributed by atoms with Gasteiger partial charge < -0.3 is 14.7 Å². The molecule has 244 valence electrons. The maximum absolute atomic E-state index is 2.47. The minimum absolute atomic E-state index is 0.0388. The molecule has 10 rings (SSSR count). The summed E-state index contributed by atoms with van der Waals surface area (Å²) in [5, 5.41) is 0. The van der Waals surface area contributed by atoms with Crippen LogP contribution >= 0.6 is 0 Å². The lowest BCUT2D eigenvalue weighted by atomic mass is 9.33. The van der Waals surface area contributed by atoms with Gasteiger partial charge in [0, 0.05) is 51.2 Å². The third kappa shape index (κ3) is 4.91. The van der Waals surface area contributed by atoms with Crippen molar-refractivity contribution in [2.45, 2.75) is 0 Å². The van der Waals surface area contributed by atoms with Gasteiger partial charge in [0.1, 0.15) is 0 Å². The highest BCUT2D eigenvalue weighted by molar-refractivity contribution is 7.00. The van der Waals surface area contributed by atoms with Crippen molar-refractivity contribution in [3.63, 3.8) is 0 Å². The first-order valence-corrected chi connectivity index (χ1v) is 17.9. The van der Waals surface area contributed by atoms with Crippen LogP contribution in [0.25, 0.3) is 11.1 Å². The molecule has 0 bridgehead atoms. The maximum atomic E-state index is 2.47. The van der Waals surface area contributed by atoms with Gasteiger partial charge in [0.25, 0.3) is 6.71 Å². The zero-order valence-corrected chi connectivity index (χ0v) is 28.5. The molecule has 0 N–H and O–H groups in total. The van der Waals surface area contributed by atoms with Crippen LogP contribution in [0.3, 0.4) is 0 Å². The number of hydrogen-bond donors (Lipinski definition) is 0. The van der Waals surface area contributed by atoms with Gasteiger partial charge in [0.2, 0.25) is 0 Å². The highest BCUT2D eigenvalue weighted by Gasteiger charge is 2.43. The Hall–Kier alpha value is -6.78. The number of benzene rings is 8. The van der Waals surface area contributed by atoms with E-state index in [4.69, 9.17) is 0 Å². The highest BCUT2D eigenvalue weighted by Crippen LogP contribution is 2.46. The van der Waals surface area contributed by atoms with E-state index in [1.807, 2.05) is 0 Å². The third-order valence-corrected chi connectivity index (χ3v) is 10.4. The molecule has 0 saturated heterocycles. The van der Waals surface area contributed by atoms with E-state index in [9.17, 15) is 0 Å². The Morgan fingerprint density at radius 1 is 0.327 bits per heavy atom. The van der Waals surface area contributed by atoms with Crippen LogP contribution in [0.5, 0.6) is 0 Å². The average molecular weight is 664 g/mol. The van der Waals surface area contributed by atoms with Crippen molar-refractivity contribution in [3.8, 4) is 11.1 Å². The molecule has 2 aliphatic rings. The summed E-state index contributed by atoms with van der Waals surface area (Å²) in [5.41, 5.74) is 16.7. The monoisotopic (exact) mass is 663 g/mol. The number of fused-ring (bicyclic) bond motifs is 4. The smallest absolute Gasteiger partial charge is 0.252 e. The molecule has 0 aliphatic carbocycles. The molecule has 52 heavy (non-hydrogen) atoms. The van der Waals surface area contributed by atoms with E-state index in [1.165, 1.54) is 50.3 Å². The Bertz CT molecular complexity index is 2480. The van der Waals surface area contributed by atoms with E-state index >= 15 is 0 Å². The van der Waals surface area contributed by atoms with E-state index in [-0.39, 0.29) is 6.71 Å². The van der Waals surface area contributed by atoms with Crippen LogP contribution in [0, 0.1) is 0 Å². The van der Waals surface area contributed by atoms with Crippen LogP contribution in [0.2, 0.25) is 0 Å². The summed E-state index contributed by atoms with van der Waals surface area (Å²) >= 11 is 0. The molecule has 8 aromatic rings. The molecule has 0 spiro atoms. The second-order valence-electron chi connectivity index (χ2n) is 13.4. The van der Waals surface area contributed by atoms with E-state index in [1.54, 1.807) is 0 Å². The van der Waals surface area contributed by atoms with Gasteiger partial charge in [-0.15, -0.1) is 0 Å². The summed E-state index contributed by atoms with van der Waals surface area (Å²) in [7, 11) is 0. The van der Waals surface area contributed by atoms with Gasteiger partial charge in [-0.3, -0.25) is 0 Å². The minimum atomic E-state index is 0.0388. The fourth-order valence-electron chi connectivity index (χ4n) is 8.18. The molecule has 0 unspecified atom stereocenters. The summed E-state index contributed by atoms with van der Waals surface area (Å²) < 4.78 is 0. The molecule has 2 aliphatic heterocycles. The van der Waals surface area contributed by atoms with Crippen molar-refractivity contribution in [1.29, 1.82) is 0 Å². The van der Waals surface area contributed by atoms with Crippen LogP contribution in [-0.2, 0) is 0 Å². The first kappa shape index (κ1) is 30.1. The van der Waals surface area contributed by atoms with Gasteiger partial charge >= 0.3 is 0 Å². The van der Waals surface area contributed by atoms with E-state index in [0.29, 0.717) is 0 Å². The summed E-state index contributed by atoms with van der Waals surface area (Å²) in [5.74, 6) is 0. The lowest BCUT2D eigenvalue weighted by Gasteiger charge is -2.44.